The zero-order chi connectivity index (χ0) is 20.8. The van der Waals surface area contributed by atoms with Gasteiger partial charge in [-0.05, 0) is 74.1 Å². The Bertz CT molecular complexity index is 1010. The predicted octanol–water partition coefficient (Wildman–Crippen LogP) is 6.31. The van der Waals surface area contributed by atoms with Crippen LogP contribution in [0.2, 0.25) is 10.0 Å². The van der Waals surface area contributed by atoms with Gasteiger partial charge in [0, 0.05) is 16.1 Å². The number of carbonyl (C=O) groups excluding carboxylic acids is 1. The second-order valence-corrected chi connectivity index (χ2v) is 8.93. The number of rotatable bonds is 2. The molecule has 1 saturated carbocycles. The first kappa shape index (κ1) is 20.5. The summed E-state index contributed by atoms with van der Waals surface area (Å²) in [5.74, 6) is -0.0969. The fourth-order valence-electron chi connectivity index (χ4n) is 4.02. The Morgan fingerprint density at radius 1 is 1.17 bits per heavy atom. The predicted molar refractivity (Wildman–Crippen MR) is 119 cm³/mol. The highest BCUT2D eigenvalue weighted by atomic mass is 35.5. The maximum atomic E-state index is 13.4. The van der Waals surface area contributed by atoms with E-state index in [-0.39, 0.29) is 5.91 Å². The van der Waals surface area contributed by atoms with E-state index in [9.17, 15) is 9.18 Å². The molecule has 1 aliphatic carbocycles. The maximum absolute atomic E-state index is 13.4. The smallest absolute Gasteiger partial charge is 0.260 e. The first-order valence-electron chi connectivity index (χ1n) is 9.50. The average molecular weight is 449 g/mol. The van der Waals surface area contributed by atoms with Gasteiger partial charge in [-0.1, -0.05) is 42.3 Å². The van der Waals surface area contributed by atoms with E-state index in [2.05, 4.69) is 6.92 Å². The van der Waals surface area contributed by atoms with Crippen LogP contribution in [0, 0.1) is 11.7 Å². The highest BCUT2D eigenvalue weighted by Crippen LogP contribution is 2.43. The second-order valence-electron chi connectivity index (χ2n) is 7.70. The third kappa shape index (κ3) is 3.72. The van der Waals surface area contributed by atoms with Gasteiger partial charge in [-0.25, -0.2) is 4.39 Å². The fourth-order valence-corrected chi connectivity index (χ4v) is 4.93. The highest BCUT2D eigenvalue weighted by molar-refractivity contribution is 7.82. The van der Waals surface area contributed by atoms with E-state index >= 15 is 0 Å². The summed E-state index contributed by atoms with van der Waals surface area (Å²) in [7, 11) is 0. The lowest BCUT2D eigenvalue weighted by molar-refractivity contribution is 0.0613. The number of nitrogens with zero attached hydrogens (tertiary/aromatic N) is 2. The summed E-state index contributed by atoms with van der Waals surface area (Å²) in [6, 6.07) is 10.7. The largest absolute Gasteiger partial charge is 0.271 e. The molecule has 2 aliphatic rings. The van der Waals surface area contributed by atoms with Crippen molar-refractivity contribution in [1.29, 1.82) is 0 Å². The van der Waals surface area contributed by atoms with Crippen molar-refractivity contribution in [2.75, 3.05) is 0 Å². The number of benzene rings is 2. The third-order valence-corrected chi connectivity index (χ3v) is 6.62. The van der Waals surface area contributed by atoms with E-state index in [1.165, 1.54) is 24.3 Å². The van der Waals surface area contributed by atoms with Crippen molar-refractivity contribution >= 4 is 52.0 Å². The van der Waals surface area contributed by atoms with E-state index in [1.54, 1.807) is 23.1 Å². The zero-order valence-corrected chi connectivity index (χ0v) is 18.1. The van der Waals surface area contributed by atoms with E-state index < -0.39 is 11.5 Å². The quantitative estimate of drug-likeness (QED) is 0.504. The van der Waals surface area contributed by atoms with Gasteiger partial charge in [0.2, 0.25) is 0 Å². The Morgan fingerprint density at radius 2 is 1.83 bits per heavy atom. The second kappa shape index (κ2) is 7.78. The lowest BCUT2D eigenvalue weighted by atomic mass is 9.82. The number of halogens is 3. The Labute approximate surface area is 184 Å². The van der Waals surface area contributed by atoms with Crippen LogP contribution in [-0.4, -0.2) is 27.2 Å². The maximum Gasteiger partial charge on any atom is 0.260 e. The molecule has 0 saturated heterocycles. The molecule has 150 valence electrons. The minimum atomic E-state index is -0.729. The average Bonchev–Trinajstić information content (AvgIpc) is 2.96. The van der Waals surface area contributed by atoms with E-state index in [1.807, 2.05) is 0 Å². The molecule has 0 atom stereocenters. The number of hydrogen-bond donors (Lipinski definition) is 0. The minimum absolute atomic E-state index is 0.270. The molecule has 0 radical (unpaired) electrons. The molecule has 2 aromatic carbocycles. The fraction of sp³-hybridized carbons (Fsp3) is 0.318. The third-order valence-electron chi connectivity index (χ3n) is 5.70. The van der Waals surface area contributed by atoms with E-state index in [0.29, 0.717) is 37.8 Å². The lowest BCUT2D eigenvalue weighted by Crippen LogP contribution is -2.51. The molecule has 0 aromatic heterocycles. The summed E-state index contributed by atoms with van der Waals surface area (Å²) < 4.78 is 13.4. The van der Waals surface area contributed by atoms with Gasteiger partial charge >= 0.3 is 0 Å². The van der Waals surface area contributed by atoms with Gasteiger partial charge < -0.3 is 0 Å². The van der Waals surface area contributed by atoms with Crippen molar-refractivity contribution in [1.82, 2.24) is 4.90 Å². The van der Waals surface area contributed by atoms with Gasteiger partial charge in [0.15, 0.2) is 0 Å². The molecule has 1 fully saturated rings. The molecule has 2 aromatic rings. The summed E-state index contributed by atoms with van der Waals surface area (Å²) in [4.78, 5) is 20.4. The monoisotopic (exact) mass is 448 g/mol. The summed E-state index contributed by atoms with van der Waals surface area (Å²) >= 11 is 18.2. The Morgan fingerprint density at radius 3 is 2.45 bits per heavy atom. The highest BCUT2D eigenvalue weighted by Gasteiger charge is 2.50. The van der Waals surface area contributed by atoms with Crippen molar-refractivity contribution in [3.05, 3.63) is 69.5 Å². The topological polar surface area (TPSA) is 32.7 Å². The molecule has 0 N–H and O–H groups in total. The SMILES string of the molecule is CC1CCC2(CC1)N=C(c1ccc(Cl)cc1Cl)C(=S)N2C(=O)c1ccc(F)cc1. The molecule has 3 nitrogen and oxygen atoms in total. The molecule has 0 unspecified atom stereocenters. The van der Waals surface area contributed by atoms with Crippen LogP contribution in [0.4, 0.5) is 4.39 Å². The summed E-state index contributed by atoms with van der Waals surface area (Å²) in [6.45, 7) is 2.20. The van der Waals surface area contributed by atoms with Crippen LogP contribution in [0.3, 0.4) is 0 Å². The minimum Gasteiger partial charge on any atom is -0.271 e. The first-order chi connectivity index (χ1) is 13.8. The molecule has 4 rings (SSSR count). The Balaban J connectivity index is 1.79. The molecular weight excluding hydrogens is 430 g/mol. The van der Waals surface area contributed by atoms with Gasteiger partial charge in [-0.15, -0.1) is 0 Å². The van der Waals surface area contributed by atoms with Gasteiger partial charge in [0.05, 0.1) is 5.02 Å². The normalized spacial score (nSPS) is 24.1. The zero-order valence-electron chi connectivity index (χ0n) is 15.8. The van der Waals surface area contributed by atoms with Crippen molar-refractivity contribution in [3.8, 4) is 0 Å². The van der Waals surface area contributed by atoms with Crippen molar-refractivity contribution in [2.24, 2.45) is 10.9 Å². The van der Waals surface area contributed by atoms with Gasteiger partial charge in [0.25, 0.3) is 5.91 Å². The molecule has 7 heteroatoms. The summed E-state index contributed by atoms with van der Waals surface area (Å²) in [5, 5.41) is 0.956. The van der Waals surface area contributed by atoms with Crippen LogP contribution in [0.1, 0.15) is 48.5 Å². The molecule has 1 aliphatic heterocycles. The summed E-state index contributed by atoms with van der Waals surface area (Å²) in [6.07, 6.45) is 3.33. The molecule has 1 amide bonds. The van der Waals surface area contributed by atoms with Gasteiger partial charge in [0.1, 0.15) is 22.2 Å². The molecule has 1 spiro atoms. The van der Waals surface area contributed by atoms with Crippen molar-refractivity contribution in [2.45, 2.75) is 38.3 Å². The molecule has 0 bridgehead atoms. The van der Waals surface area contributed by atoms with Crippen molar-refractivity contribution in [3.63, 3.8) is 0 Å². The van der Waals surface area contributed by atoms with Crippen LogP contribution in [0.5, 0.6) is 0 Å². The number of hydrogen-bond acceptors (Lipinski definition) is 3. The van der Waals surface area contributed by atoms with Crippen LogP contribution in [0.25, 0.3) is 0 Å². The molecule has 29 heavy (non-hydrogen) atoms. The van der Waals surface area contributed by atoms with Crippen LogP contribution >= 0.6 is 35.4 Å². The van der Waals surface area contributed by atoms with Gasteiger partial charge in [-0.3, -0.25) is 14.7 Å². The van der Waals surface area contributed by atoms with Crippen LogP contribution in [0.15, 0.2) is 47.5 Å². The lowest BCUT2D eigenvalue weighted by Gasteiger charge is -2.40. The van der Waals surface area contributed by atoms with Crippen LogP contribution in [-0.2, 0) is 0 Å². The summed E-state index contributed by atoms with van der Waals surface area (Å²) in [5.41, 5.74) is 0.846. The Hall–Kier alpha value is -1.82. The number of carbonyl (C=O) groups is 1. The van der Waals surface area contributed by atoms with Gasteiger partial charge in [-0.2, -0.15) is 0 Å². The molecular formula is C22H19Cl2FN2OS. The van der Waals surface area contributed by atoms with Crippen molar-refractivity contribution < 1.29 is 9.18 Å². The van der Waals surface area contributed by atoms with Crippen LogP contribution < -0.4 is 0 Å². The van der Waals surface area contributed by atoms with E-state index in [4.69, 9.17) is 40.4 Å². The molecule has 1 heterocycles. The number of aliphatic imine (C=N–C) groups is 1. The Kier molecular flexibility index (Phi) is 5.49. The number of thiocarbonyl (C=S) groups is 1. The number of amides is 1. The standard InChI is InChI=1S/C22H19Cl2FN2OS/c1-13-8-10-22(11-9-13)26-19(17-7-4-15(23)12-18(17)24)21(29)27(22)20(28)14-2-5-16(25)6-3-14/h2-7,12-13H,8-11H2,1H3. The first-order valence-corrected chi connectivity index (χ1v) is 10.7. The van der Waals surface area contributed by atoms with E-state index in [0.717, 1.165) is 25.7 Å².